The highest BCUT2D eigenvalue weighted by molar-refractivity contribution is 9.10. The Labute approximate surface area is 119 Å². The molecule has 2 aromatic rings. The van der Waals surface area contributed by atoms with Gasteiger partial charge < -0.3 is 5.73 Å². The molecule has 0 unspecified atom stereocenters. The highest BCUT2D eigenvalue weighted by Crippen LogP contribution is 2.23. The predicted octanol–water partition coefficient (Wildman–Crippen LogP) is 3.73. The lowest BCUT2D eigenvalue weighted by atomic mass is 10.1. The molecule has 0 aliphatic heterocycles. The van der Waals surface area contributed by atoms with Crippen LogP contribution in [0, 0.1) is 13.8 Å². The van der Waals surface area contributed by atoms with Crippen molar-refractivity contribution in [2.45, 2.75) is 24.8 Å². The Hall–Kier alpha value is -1.07. The number of nitrogen functional groups attached to an aromatic ring is 1. The Morgan fingerprint density at radius 1 is 1.11 bits per heavy atom. The van der Waals surface area contributed by atoms with Crippen LogP contribution in [0.2, 0.25) is 0 Å². The molecule has 5 heteroatoms. The highest BCUT2D eigenvalue weighted by atomic mass is 79.9. The topological polar surface area (TPSA) is 51.8 Å². The van der Waals surface area contributed by atoms with Crippen molar-refractivity contribution in [1.82, 2.24) is 9.97 Å². The number of thioether (sulfide) groups is 1. The van der Waals surface area contributed by atoms with Crippen LogP contribution in [0.25, 0.3) is 0 Å². The van der Waals surface area contributed by atoms with Gasteiger partial charge in [-0.25, -0.2) is 9.97 Å². The largest absolute Gasteiger partial charge is 0.384 e. The van der Waals surface area contributed by atoms with Gasteiger partial charge >= 0.3 is 0 Å². The van der Waals surface area contributed by atoms with Gasteiger partial charge in [-0.2, -0.15) is 0 Å². The van der Waals surface area contributed by atoms with E-state index in [2.05, 4.69) is 57.9 Å². The number of aryl methyl sites for hydroxylation is 2. The van der Waals surface area contributed by atoms with Gasteiger partial charge in [0.1, 0.15) is 10.4 Å². The lowest BCUT2D eigenvalue weighted by Gasteiger charge is -2.05. The van der Waals surface area contributed by atoms with Crippen LogP contribution in [-0.4, -0.2) is 9.97 Å². The summed E-state index contributed by atoms with van der Waals surface area (Å²) in [6, 6.07) is 8.23. The number of hydrogen-bond acceptors (Lipinski definition) is 4. The molecule has 0 amide bonds. The number of aromatic nitrogens is 2. The van der Waals surface area contributed by atoms with E-state index < -0.39 is 0 Å². The van der Waals surface area contributed by atoms with Gasteiger partial charge in [0, 0.05) is 11.8 Å². The van der Waals surface area contributed by atoms with Crippen LogP contribution in [0.5, 0.6) is 0 Å². The average Bonchev–Trinajstić information content (AvgIpc) is 2.23. The minimum atomic E-state index is 0.486. The van der Waals surface area contributed by atoms with Crippen molar-refractivity contribution < 1.29 is 0 Å². The summed E-state index contributed by atoms with van der Waals surface area (Å²) in [6.45, 7) is 4.21. The third-order valence-corrected chi connectivity index (χ3v) is 3.67. The summed E-state index contributed by atoms with van der Waals surface area (Å²) in [5.74, 6) is 1.33. The molecule has 1 aromatic heterocycles. The molecule has 2 N–H and O–H groups in total. The number of nitrogens with zero attached hydrogens (tertiary/aromatic N) is 2. The van der Waals surface area contributed by atoms with Crippen LogP contribution < -0.4 is 5.73 Å². The average molecular weight is 324 g/mol. The molecule has 18 heavy (non-hydrogen) atoms. The van der Waals surface area contributed by atoms with E-state index in [4.69, 9.17) is 5.73 Å². The van der Waals surface area contributed by atoms with Gasteiger partial charge in [-0.15, -0.1) is 0 Å². The molecule has 1 heterocycles. The minimum absolute atomic E-state index is 0.486. The lowest BCUT2D eigenvalue weighted by Crippen LogP contribution is -1.95. The predicted molar refractivity (Wildman–Crippen MR) is 79.6 cm³/mol. The number of anilines is 1. The van der Waals surface area contributed by atoms with Crippen molar-refractivity contribution in [3.63, 3.8) is 0 Å². The normalized spacial score (nSPS) is 10.6. The molecule has 94 valence electrons. The SMILES string of the molecule is Cc1cc(C)cc(CSc2nc(N)cc(Br)n2)c1. The quantitative estimate of drug-likeness (QED) is 0.531. The molecule has 0 radical (unpaired) electrons. The molecule has 0 aliphatic rings. The summed E-state index contributed by atoms with van der Waals surface area (Å²) in [7, 11) is 0. The summed E-state index contributed by atoms with van der Waals surface area (Å²) < 4.78 is 0.720. The van der Waals surface area contributed by atoms with Crippen molar-refractivity contribution in [3.8, 4) is 0 Å². The van der Waals surface area contributed by atoms with Crippen LogP contribution >= 0.6 is 27.7 Å². The van der Waals surface area contributed by atoms with E-state index in [0.29, 0.717) is 11.0 Å². The molecule has 0 fully saturated rings. The number of nitrogens with two attached hydrogens (primary N) is 1. The number of rotatable bonds is 3. The zero-order valence-corrected chi connectivity index (χ0v) is 12.7. The van der Waals surface area contributed by atoms with Gasteiger partial charge in [0.15, 0.2) is 5.16 Å². The highest BCUT2D eigenvalue weighted by Gasteiger charge is 2.03. The first-order valence-electron chi connectivity index (χ1n) is 5.53. The van der Waals surface area contributed by atoms with Gasteiger partial charge in [0.05, 0.1) is 0 Å². The van der Waals surface area contributed by atoms with E-state index in [-0.39, 0.29) is 0 Å². The summed E-state index contributed by atoms with van der Waals surface area (Å²) in [6.07, 6.45) is 0. The molecule has 1 aromatic carbocycles. The summed E-state index contributed by atoms with van der Waals surface area (Å²) >= 11 is 4.91. The summed E-state index contributed by atoms with van der Waals surface area (Å²) in [5, 5.41) is 0.695. The molecular formula is C13H14BrN3S. The molecule has 0 spiro atoms. The van der Waals surface area contributed by atoms with Crippen LogP contribution in [0.4, 0.5) is 5.82 Å². The van der Waals surface area contributed by atoms with Gasteiger partial charge in [0.2, 0.25) is 0 Å². The van der Waals surface area contributed by atoms with Crippen LogP contribution in [0.15, 0.2) is 34.0 Å². The first-order valence-corrected chi connectivity index (χ1v) is 7.31. The van der Waals surface area contributed by atoms with Gasteiger partial charge in [0.25, 0.3) is 0 Å². The molecule has 0 saturated heterocycles. The smallest absolute Gasteiger partial charge is 0.190 e. The number of halogens is 1. The third-order valence-electron chi connectivity index (χ3n) is 2.34. The molecule has 0 bridgehead atoms. The second-order valence-electron chi connectivity index (χ2n) is 4.18. The van der Waals surface area contributed by atoms with Crippen molar-refractivity contribution in [3.05, 3.63) is 45.6 Å². The molecule has 0 aliphatic carbocycles. The van der Waals surface area contributed by atoms with Crippen LogP contribution in [-0.2, 0) is 5.75 Å². The molecule has 0 atom stereocenters. The van der Waals surface area contributed by atoms with Crippen LogP contribution in [0.1, 0.15) is 16.7 Å². The Kier molecular flexibility index (Phi) is 4.24. The zero-order valence-electron chi connectivity index (χ0n) is 10.3. The number of benzene rings is 1. The van der Waals surface area contributed by atoms with Crippen molar-refractivity contribution in [1.29, 1.82) is 0 Å². The van der Waals surface area contributed by atoms with E-state index in [1.807, 2.05) is 0 Å². The maximum absolute atomic E-state index is 5.68. The summed E-state index contributed by atoms with van der Waals surface area (Å²) in [4.78, 5) is 8.48. The Bertz CT molecular complexity index is 480. The maximum atomic E-state index is 5.68. The standard InChI is InChI=1S/C13H14BrN3S/c1-8-3-9(2)5-10(4-8)7-18-13-16-11(14)6-12(15)17-13/h3-6H,7H2,1-2H3,(H2,15,16,17). The Morgan fingerprint density at radius 2 is 1.78 bits per heavy atom. The molecular weight excluding hydrogens is 310 g/mol. The fourth-order valence-corrected chi connectivity index (χ4v) is 3.09. The second-order valence-corrected chi connectivity index (χ2v) is 5.94. The Balaban J connectivity index is 2.11. The molecule has 0 saturated carbocycles. The monoisotopic (exact) mass is 323 g/mol. The van der Waals surface area contributed by atoms with E-state index in [9.17, 15) is 0 Å². The number of hydrogen-bond donors (Lipinski definition) is 1. The molecule has 2 rings (SSSR count). The van der Waals surface area contributed by atoms with E-state index in [1.165, 1.54) is 16.7 Å². The van der Waals surface area contributed by atoms with Crippen molar-refractivity contribution in [2.75, 3.05) is 5.73 Å². The maximum Gasteiger partial charge on any atom is 0.190 e. The van der Waals surface area contributed by atoms with Gasteiger partial charge in [-0.05, 0) is 35.3 Å². The van der Waals surface area contributed by atoms with E-state index in [1.54, 1.807) is 17.8 Å². The molecule has 3 nitrogen and oxygen atoms in total. The minimum Gasteiger partial charge on any atom is -0.384 e. The summed E-state index contributed by atoms with van der Waals surface area (Å²) in [5.41, 5.74) is 9.52. The van der Waals surface area contributed by atoms with Gasteiger partial charge in [-0.1, -0.05) is 41.1 Å². The second kappa shape index (κ2) is 5.71. The Morgan fingerprint density at radius 3 is 2.39 bits per heavy atom. The van der Waals surface area contributed by atoms with E-state index >= 15 is 0 Å². The van der Waals surface area contributed by atoms with Gasteiger partial charge in [-0.3, -0.25) is 0 Å². The first-order chi connectivity index (χ1) is 8.52. The van der Waals surface area contributed by atoms with Crippen molar-refractivity contribution >= 4 is 33.5 Å². The van der Waals surface area contributed by atoms with E-state index in [0.717, 1.165) is 10.4 Å². The third kappa shape index (κ3) is 3.71. The van der Waals surface area contributed by atoms with Crippen molar-refractivity contribution in [2.24, 2.45) is 0 Å². The zero-order chi connectivity index (χ0) is 13.1. The first kappa shape index (κ1) is 13.4. The lowest BCUT2D eigenvalue weighted by molar-refractivity contribution is 0.956. The van der Waals surface area contributed by atoms with Crippen LogP contribution in [0.3, 0.4) is 0 Å². The fraction of sp³-hybridized carbons (Fsp3) is 0.231. The fourth-order valence-electron chi connectivity index (χ4n) is 1.78.